The second-order valence-corrected chi connectivity index (χ2v) is 8.66. The molecule has 1 aliphatic carbocycles. The molecule has 3 amide bonds. The minimum Gasteiger partial charge on any atom is -0.346 e. The van der Waals surface area contributed by atoms with Crippen LogP contribution in [-0.4, -0.2) is 46.4 Å². The number of hydrogen-bond donors (Lipinski definition) is 2. The number of rotatable bonds is 4. The SMILES string of the molecule is CC1=C[CH]C=C2NC(=O)N(CC(=O)N[C@@H](C)c3ncc(C#N)nc3C)S(=O)(=O)C12. The Hall–Kier alpha value is -3.26. The van der Waals surface area contributed by atoms with Crippen molar-refractivity contribution >= 4 is 22.0 Å². The zero-order valence-electron chi connectivity index (χ0n) is 16.0. The van der Waals surface area contributed by atoms with Crippen molar-refractivity contribution in [1.29, 1.82) is 5.26 Å². The van der Waals surface area contributed by atoms with Crippen molar-refractivity contribution in [3.8, 4) is 6.07 Å². The lowest BCUT2D eigenvalue weighted by Crippen LogP contribution is -2.58. The number of sulfonamides is 1. The summed E-state index contributed by atoms with van der Waals surface area (Å²) >= 11 is 0. The van der Waals surface area contributed by atoms with Gasteiger partial charge in [0.15, 0.2) is 5.69 Å². The van der Waals surface area contributed by atoms with E-state index in [0.717, 1.165) is 0 Å². The van der Waals surface area contributed by atoms with Gasteiger partial charge in [-0.25, -0.2) is 22.5 Å². The van der Waals surface area contributed by atoms with Crippen molar-refractivity contribution in [2.75, 3.05) is 6.54 Å². The van der Waals surface area contributed by atoms with Crippen LogP contribution in [0.1, 0.15) is 37.0 Å². The number of nitrogens with one attached hydrogen (secondary N) is 2. The van der Waals surface area contributed by atoms with E-state index in [0.29, 0.717) is 21.3 Å². The normalized spacial score (nSPS) is 21.1. The van der Waals surface area contributed by atoms with Crippen molar-refractivity contribution < 1.29 is 18.0 Å². The topological polar surface area (TPSA) is 145 Å². The zero-order chi connectivity index (χ0) is 21.3. The number of allylic oxidation sites excluding steroid dienone is 2. The first kappa shape index (κ1) is 20.5. The first-order valence-corrected chi connectivity index (χ1v) is 10.2. The highest BCUT2D eigenvalue weighted by atomic mass is 32.2. The molecular formula is C18H19N6O4S. The van der Waals surface area contributed by atoms with E-state index in [4.69, 9.17) is 5.26 Å². The Bertz CT molecular complexity index is 1090. The molecule has 11 heteroatoms. The summed E-state index contributed by atoms with van der Waals surface area (Å²) in [4.78, 5) is 33.0. The number of aromatic nitrogens is 2. The maximum Gasteiger partial charge on any atom is 0.335 e. The quantitative estimate of drug-likeness (QED) is 0.732. The first-order chi connectivity index (χ1) is 13.6. The fourth-order valence-corrected chi connectivity index (χ4v) is 5.11. The van der Waals surface area contributed by atoms with E-state index in [1.54, 1.807) is 33.3 Å². The summed E-state index contributed by atoms with van der Waals surface area (Å²) in [6, 6.07) is 0.400. The molecule has 2 atom stereocenters. The van der Waals surface area contributed by atoms with Crippen LogP contribution in [-0.2, 0) is 14.8 Å². The minimum absolute atomic E-state index is 0.151. The predicted molar refractivity (Wildman–Crippen MR) is 102 cm³/mol. The summed E-state index contributed by atoms with van der Waals surface area (Å²) in [6.07, 6.45) is 6.12. The average Bonchev–Trinajstić information content (AvgIpc) is 2.64. The summed E-state index contributed by atoms with van der Waals surface area (Å²) in [5.74, 6) is -0.668. The predicted octanol–water partition coefficient (Wildman–Crippen LogP) is 0.606. The Morgan fingerprint density at radius 3 is 2.79 bits per heavy atom. The second-order valence-electron chi connectivity index (χ2n) is 6.71. The van der Waals surface area contributed by atoms with Crippen LogP contribution in [0.2, 0.25) is 0 Å². The molecule has 1 aliphatic heterocycles. The van der Waals surface area contributed by atoms with Gasteiger partial charge < -0.3 is 10.6 Å². The number of carbonyl (C=O) groups is 2. The molecule has 2 aliphatic rings. The van der Waals surface area contributed by atoms with Gasteiger partial charge in [0.05, 0.1) is 23.6 Å². The molecular weight excluding hydrogens is 396 g/mol. The molecule has 1 fully saturated rings. The van der Waals surface area contributed by atoms with Crippen LogP contribution in [0.25, 0.3) is 0 Å². The maximum absolute atomic E-state index is 12.9. The lowest BCUT2D eigenvalue weighted by Gasteiger charge is -2.36. The third-order valence-corrected chi connectivity index (χ3v) is 6.72. The number of aryl methyl sites for hydroxylation is 1. The number of fused-ring (bicyclic) bond motifs is 1. The molecule has 151 valence electrons. The highest BCUT2D eigenvalue weighted by Crippen LogP contribution is 2.30. The lowest BCUT2D eigenvalue weighted by molar-refractivity contribution is -0.121. The standard InChI is InChI=1S/C18H19N6O4S/c1-10-5-4-6-14-17(10)29(27,28)24(18(26)23-14)9-15(25)22-12(3)16-11(2)21-13(7-19)8-20-16/h4-6,8,12,17H,9H2,1-3H3,(H,22,25)(H,23,26)/t12-,17?/m0/s1. The van der Waals surface area contributed by atoms with Crippen molar-refractivity contribution in [3.63, 3.8) is 0 Å². The average molecular weight is 415 g/mol. The number of amides is 3. The van der Waals surface area contributed by atoms with Crippen molar-refractivity contribution in [3.05, 3.63) is 53.1 Å². The molecule has 0 spiro atoms. The van der Waals surface area contributed by atoms with Gasteiger partial charge in [-0.1, -0.05) is 17.7 Å². The molecule has 0 saturated carbocycles. The second kappa shape index (κ2) is 7.63. The van der Waals surface area contributed by atoms with E-state index < -0.39 is 39.8 Å². The fourth-order valence-electron chi connectivity index (χ4n) is 3.27. The Morgan fingerprint density at radius 2 is 2.14 bits per heavy atom. The van der Waals surface area contributed by atoms with Crippen molar-refractivity contribution in [2.24, 2.45) is 0 Å². The number of urea groups is 1. The van der Waals surface area contributed by atoms with Gasteiger partial charge in [-0.3, -0.25) is 9.78 Å². The van der Waals surface area contributed by atoms with Crippen molar-refractivity contribution in [2.45, 2.75) is 32.1 Å². The molecule has 2 N–H and O–H groups in total. The van der Waals surface area contributed by atoms with Gasteiger partial charge in [-0.05, 0) is 20.8 Å². The summed E-state index contributed by atoms with van der Waals surface area (Å²) in [6.45, 7) is 4.28. The van der Waals surface area contributed by atoms with Crippen LogP contribution in [0.15, 0.2) is 29.6 Å². The van der Waals surface area contributed by atoms with Crippen molar-refractivity contribution in [1.82, 2.24) is 24.9 Å². The number of nitriles is 1. The molecule has 10 nitrogen and oxygen atoms in total. The number of hydrogen-bond acceptors (Lipinski definition) is 7. The molecule has 0 aromatic carbocycles. The van der Waals surface area contributed by atoms with E-state index in [9.17, 15) is 18.0 Å². The summed E-state index contributed by atoms with van der Waals surface area (Å²) < 4.78 is 26.4. The molecule has 0 bridgehead atoms. The molecule has 2 heterocycles. The first-order valence-electron chi connectivity index (χ1n) is 8.72. The summed E-state index contributed by atoms with van der Waals surface area (Å²) in [7, 11) is -4.10. The minimum atomic E-state index is -4.10. The molecule has 29 heavy (non-hydrogen) atoms. The Kier molecular flexibility index (Phi) is 5.39. The maximum atomic E-state index is 12.9. The van der Waals surface area contributed by atoms with Crippen LogP contribution in [0.3, 0.4) is 0 Å². The molecule has 1 radical (unpaired) electrons. The number of nitrogens with zero attached hydrogens (tertiary/aromatic N) is 4. The highest BCUT2D eigenvalue weighted by molar-refractivity contribution is 7.90. The fraction of sp³-hybridized carbons (Fsp3) is 0.333. The largest absolute Gasteiger partial charge is 0.346 e. The third kappa shape index (κ3) is 3.84. The van der Waals surface area contributed by atoms with Gasteiger partial charge in [0.1, 0.15) is 17.9 Å². The molecule has 1 aromatic rings. The Labute approximate surface area is 168 Å². The highest BCUT2D eigenvalue weighted by Gasteiger charge is 2.45. The van der Waals surface area contributed by atoms with Crippen LogP contribution < -0.4 is 10.6 Å². The van der Waals surface area contributed by atoms with E-state index in [1.807, 2.05) is 6.07 Å². The van der Waals surface area contributed by atoms with Crippen LogP contribution in [0.5, 0.6) is 0 Å². The van der Waals surface area contributed by atoms with E-state index in [1.165, 1.54) is 12.3 Å². The Morgan fingerprint density at radius 1 is 1.41 bits per heavy atom. The molecule has 1 saturated heterocycles. The Balaban J connectivity index is 1.75. The van der Waals surface area contributed by atoms with Gasteiger partial charge in [-0.2, -0.15) is 5.26 Å². The van der Waals surface area contributed by atoms with Gasteiger partial charge in [0.25, 0.3) is 10.0 Å². The van der Waals surface area contributed by atoms with E-state index >= 15 is 0 Å². The molecule has 3 rings (SSSR count). The van der Waals surface area contributed by atoms with Crippen LogP contribution in [0, 0.1) is 24.7 Å². The van der Waals surface area contributed by atoms with Gasteiger partial charge in [0, 0.05) is 12.1 Å². The van der Waals surface area contributed by atoms with E-state index in [2.05, 4.69) is 20.6 Å². The van der Waals surface area contributed by atoms with Crippen LogP contribution in [0.4, 0.5) is 4.79 Å². The van der Waals surface area contributed by atoms with Crippen LogP contribution >= 0.6 is 0 Å². The summed E-state index contributed by atoms with van der Waals surface area (Å²) in [5, 5.41) is 13.0. The third-order valence-electron chi connectivity index (χ3n) is 4.59. The number of carbonyl (C=O) groups excluding carboxylic acids is 2. The lowest BCUT2D eigenvalue weighted by atomic mass is 10.0. The van der Waals surface area contributed by atoms with E-state index in [-0.39, 0.29) is 11.4 Å². The molecule has 1 unspecified atom stereocenters. The van der Waals surface area contributed by atoms with Gasteiger partial charge in [-0.15, -0.1) is 0 Å². The zero-order valence-corrected chi connectivity index (χ0v) is 16.8. The van der Waals surface area contributed by atoms with Gasteiger partial charge >= 0.3 is 6.03 Å². The van der Waals surface area contributed by atoms with Gasteiger partial charge in [0.2, 0.25) is 5.91 Å². The monoisotopic (exact) mass is 415 g/mol. The smallest absolute Gasteiger partial charge is 0.335 e. The molecule has 1 aromatic heterocycles. The summed E-state index contributed by atoms with van der Waals surface area (Å²) in [5.41, 5.74) is 1.87.